The van der Waals surface area contributed by atoms with Crippen molar-refractivity contribution in [2.45, 2.75) is 32.1 Å². The Kier molecular flexibility index (Phi) is 4.76. The zero-order valence-corrected chi connectivity index (χ0v) is 12.5. The first-order valence-electron chi connectivity index (χ1n) is 7.99. The summed E-state index contributed by atoms with van der Waals surface area (Å²) in [7, 11) is 0. The molecule has 0 N–H and O–H groups in total. The molecule has 114 valence electrons. The number of Topliss-reactive ketones (excluding diaryl/α,β-unsaturated/α-hetero) is 1. The highest BCUT2D eigenvalue weighted by atomic mass is 16.5. The molecular formula is C17H23NO3. The van der Waals surface area contributed by atoms with Crippen molar-refractivity contribution in [2.75, 3.05) is 32.8 Å². The molecule has 0 spiro atoms. The first kappa shape index (κ1) is 14.4. The van der Waals surface area contributed by atoms with Crippen LogP contribution < -0.4 is 9.47 Å². The molecule has 0 saturated carbocycles. The molecule has 2 aliphatic heterocycles. The lowest BCUT2D eigenvalue weighted by Gasteiger charge is -2.26. The molecule has 0 atom stereocenters. The van der Waals surface area contributed by atoms with Gasteiger partial charge in [0.05, 0.1) is 13.2 Å². The zero-order chi connectivity index (χ0) is 14.5. The Labute approximate surface area is 126 Å². The smallest absolute Gasteiger partial charge is 0.173 e. The van der Waals surface area contributed by atoms with Crippen LogP contribution in [0, 0.1) is 0 Å². The monoisotopic (exact) mass is 289 g/mol. The van der Waals surface area contributed by atoms with Crippen molar-refractivity contribution in [3.63, 3.8) is 0 Å². The predicted molar refractivity (Wildman–Crippen MR) is 81.3 cm³/mol. The maximum atomic E-state index is 12.0. The minimum absolute atomic E-state index is 0.128. The molecule has 3 rings (SSSR count). The Morgan fingerprint density at radius 2 is 2.05 bits per heavy atom. The third-order valence-corrected chi connectivity index (χ3v) is 4.18. The number of likely N-dealkylation sites (tertiary alicyclic amines) is 1. The van der Waals surface area contributed by atoms with E-state index in [1.807, 2.05) is 18.2 Å². The molecule has 1 saturated heterocycles. The van der Waals surface area contributed by atoms with Gasteiger partial charge in [0.15, 0.2) is 5.78 Å². The highest BCUT2D eigenvalue weighted by Gasteiger charge is 2.22. The van der Waals surface area contributed by atoms with Crippen LogP contribution in [0.4, 0.5) is 0 Å². The van der Waals surface area contributed by atoms with Gasteiger partial charge in [0.2, 0.25) is 0 Å². The van der Waals surface area contributed by atoms with Crippen molar-refractivity contribution in [1.82, 2.24) is 4.90 Å². The van der Waals surface area contributed by atoms with Crippen molar-refractivity contribution in [2.24, 2.45) is 0 Å². The SMILES string of the molecule is O=C1CCOc2cccc(OCCCN3CCCCC3)c21. The lowest BCUT2D eigenvalue weighted by molar-refractivity contribution is 0.0927. The quantitative estimate of drug-likeness (QED) is 0.781. The van der Waals surface area contributed by atoms with Gasteiger partial charge in [0.1, 0.15) is 17.1 Å². The molecule has 1 aromatic rings. The van der Waals surface area contributed by atoms with Crippen molar-refractivity contribution >= 4 is 5.78 Å². The van der Waals surface area contributed by atoms with Gasteiger partial charge in [-0.05, 0) is 44.5 Å². The lowest BCUT2D eigenvalue weighted by Crippen LogP contribution is -2.31. The summed E-state index contributed by atoms with van der Waals surface area (Å²) >= 11 is 0. The Hall–Kier alpha value is -1.55. The highest BCUT2D eigenvalue weighted by molar-refractivity contribution is 6.02. The molecule has 0 aromatic heterocycles. The molecule has 1 fully saturated rings. The topological polar surface area (TPSA) is 38.8 Å². The van der Waals surface area contributed by atoms with E-state index in [1.165, 1.54) is 32.4 Å². The van der Waals surface area contributed by atoms with E-state index >= 15 is 0 Å². The van der Waals surface area contributed by atoms with Gasteiger partial charge in [-0.1, -0.05) is 12.5 Å². The third kappa shape index (κ3) is 3.56. The Balaban J connectivity index is 1.52. The van der Waals surface area contributed by atoms with Gasteiger partial charge < -0.3 is 14.4 Å². The molecular weight excluding hydrogens is 266 g/mol. The maximum absolute atomic E-state index is 12.0. The first-order chi connectivity index (χ1) is 10.3. The van der Waals surface area contributed by atoms with E-state index in [-0.39, 0.29) is 5.78 Å². The molecule has 4 nitrogen and oxygen atoms in total. The van der Waals surface area contributed by atoms with Crippen LogP contribution in [0.2, 0.25) is 0 Å². The van der Waals surface area contributed by atoms with Crippen molar-refractivity contribution in [1.29, 1.82) is 0 Å². The van der Waals surface area contributed by atoms with Crippen LogP contribution in [0.3, 0.4) is 0 Å². The lowest BCUT2D eigenvalue weighted by atomic mass is 10.0. The number of rotatable bonds is 5. The van der Waals surface area contributed by atoms with Crippen molar-refractivity contribution in [3.8, 4) is 11.5 Å². The summed E-state index contributed by atoms with van der Waals surface area (Å²) in [6.45, 7) is 4.64. The molecule has 0 unspecified atom stereocenters. The van der Waals surface area contributed by atoms with Crippen LogP contribution >= 0.6 is 0 Å². The highest BCUT2D eigenvalue weighted by Crippen LogP contribution is 2.32. The Morgan fingerprint density at radius 3 is 2.90 bits per heavy atom. The summed E-state index contributed by atoms with van der Waals surface area (Å²) in [6.07, 6.45) is 5.45. The van der Waals surface area contributed by atoms with Gasteiger partial charge in [-0.25, -0.2) is 0 Å². The van der Waals surface area contributed by atoms with E-state index in [0.29, 0.717) is 36.7 Å². The van der Waals surface area contributed by atoms with Crippen LogP contribution in [-0.4, -0.2) is 43.5 Å². The number of ether oxygens (including phenoxy) is 2. The van der Waals surface area contributed by atoms with Gasteiger partial charge in [-0.3, -0.25) is 4.79 Å². The zero-order valence-electron chi connectivity index (χ0n) is 12.5. The Bertz CT molecular complexity index is 495. The van der Waals surface area contributed by atoms with E-state index < -0.39 is 0 Å². The number of piperidine rings is 1. The van der Waals surface area contributed by atoms with Crippen molar-refractivity contribution in [3.05, 3.63) is 23.8 Å². The van der Waals surface area contributed by atoms with Crippen LogP contribution in [0.1, 0.15) is 42.5 Å². The van der Waals surface area contributed by atoms with E-state index in [1.54, 1.807) is 0 Å². The average molecular weight is 289 g/mol. The van der Waals surface area contributed by atoms with Gasteiger partial charge in [-0.15, -0.1) is 0 Å². The van der Waals surface area contributed by atoms with Crippen molar-refractivity contribution < 1.29 is 14.3 Å². The summed E-state index contributed by atoms with van der Waals surface area (Å²) in [6, 6.07) is 5.59. The number of carbonyl (C=O) groups excluding carboxylic acids is 1. The molecule has 4 heteroatoms. The maximum Gasteiger partial charge on any atom is 0.173 e. The van der Waals surface area contributed by atoms with E-state index in [0.717, 1.165) is 13.0 Å². The number of nitrogens with zero attached hydrogens (tertiary/aromatic N) is 1. The minimum atomic E-state index is 0.128. The fourth-order valence-electron chi connectivity index (χ4n) is 3.06. The molecule has 0 radical (unpaired) electrons. The summed E-state index contributed by atoms with van der Waals surface area (Å²) in [5.41, 5.74) is 0.627. The number of fused-ring (bicyclic) bond motifs is 1. The fraction of sp³-hybridized carbons (Fsp3) is 0.588. The van der Waals surface area contributed by atoms with Gasteiger partial charge in [-0.2, -0.15) is 0 Å². The molecule has 0 amide bonds. The Morgan fingerprint density at radius 1 is 1.19 bits per heavy atom. The van der Waals surface area contributed by atoms with Crippen LogP contribution in [0.25, 0.3) is 0 Å². The standard InChI is InChI=1S/C17H23NO3/c19-14-8-13-21-16-7-4-6-15(17(14)16)20-12-5-11-18-9-2-1-3-10-18/h4,6-7H,1-3,5,8-13H2. The number of ketones is 1. The van der Waals surface area contributed by atoms with E-state index in [2.05, 4.69) is 4.90 Å². The molecule has 2 heterocycles. The molecule has 0 aliphatic carbocycles. The normalized spacial score (nSPS) is 19.0. The number of hydrogen-bond acceptors (Lipinski definition) is 4. The largest absolute Gasteiger partial charge is 0.493 e. The fourth-order valence-corrected chi connectivity index (χ4v) is 3.06. The molecule has 1 aromatic carbocycles. The van der Waals surface area contributed by atoms with Crippen LogP contribution in [0.15, 0.2) is 18.2 Å². The summed E-state index contributed by atoms with van der Waals surface area (Å²) in [5, 5.41) is 0. The average Bonchev–Trinajstić information content (AvgIpc) is 2.53. The van der Waals surface area contributed by atoms with E-state index in [4.69, 9.17) is 9.47 Å². The third-order valence-electron chi connectivity index (χ3n) is 4.18. The van der Waals surface area contributed by atoms with Gasteiger partial charge >= 0.3 is 0 Å². The molecule has 21 heavy (non-hydrogen) atoms. The van der Waals surface area contributed by atoms with Crippen LogP contribution in [-0.2, 0) is 0 Å². The predicted octanol–water partition coefficient (Wildman–Crippen LogP) is 2.91. The second kappa shape index (κ2) is 6.94. The van der Waals surface area contributed by atoms with Gasteiger partial charge in [0.25, 0.3) is 0 Å². The minimum Gasteiger partial charge on any atom is -0.493 e. The second-order valence-electron chi connectivity index (χ2n) is 5.76. The van der Waals surface area contributed by atoms with Crippen LogP contribution in [0.5, 0.6) is 11.5 Å². The number of benzene rings is 1. The summed E-state index contributed by atoms with van der Waals surface area (Å²) in [4.78, 5) is 14.5. The molecule has 2 aliphatic rings. The second-order valence-corrected chi connectivity index (χ2v) is 5.76. The molecule has 0 bridgehead atoms. The first-order valence-corrected chi connectivity index (χ1v) is 7.99. The number of carbonyl (C=O) groups is 1. The van der Waals surface area contributed by atoms with E-state index in [9.17, 15) is 4.79 Å². The summed E-state index contributed by atoms with van der Waals surface area (Å²) < 4.78 is 11.4. The van der Waals surface area contributed by atoms with Gasteiger partial charge in [0, 0.05) is 13.0 Å². The summed E-state index contributed by atoms with van der Waals surface area (Å²) in [5.74, 6) is 1.47. The number of hydrogen-bond donors (Lipinski definition) is 0.